The van der Waals surface area contributed by atoms with Crippen molar-refractivity contribution in [2.45, 2.75) is 33.7 Å². The molecule has 78 valence electrons. The zero-order chi connectivity index (χ0) is 10.6. The monoisotopic (exact) mass is 191 g/mol. The molecule has 0 amide bonds. The van der Waals surface area contributed by atoms with Gasteiger partial charge in [0.2, 0.25) is 0 Å². The summed E-state index contributed by atoms with van der Waals surface area (Å²) in [6, 6.07) is 11.0. The van der Waals surface area contributed by atoms with Gasteiger partial charge in [-0.15, -0.1) is 0 Å². The highest BCUT2D eigenvalue weighted by molar-refractivity contribution is 5.17. The van der Waals surface area contributed by atoms with Crippen LogP contribution in [0, 0.1) is 5.41 Å². The molecule has 0 aromatic heterocycles. The van der Waals surface area contributed by atoms with Crippen LogP contribution in [-0.2, 0) is 0 Å². The topological polar surface area (TPSA) is 12.0 Å². The fourth-order valence-electron chi connectivity index (χ4n) is 1.32. The average molecular weight is 191 g/mol. The zero-order valence-corrected chi connectivity index (χ0v) is 9.67. The second-order valence-corrected chi connectivity index (χ2v) is 5.07. The second-order valence-electron chi connectivity index (χ2n) is 5.07. The fourth-order valence-corrected chi connectivity index (χ4v) is 1.32. The minimum atomic E-state index is 0.350. The summed E-state index contributed by atoms with van der Waals surface area (Å²) in [6.45, 7) is 10.00. The Morgan fingerprint density at radius 2 is 1.71 bits per heavy atom. The molecule has 1 rings (SSSR count). The summed E-state index contributed by atoms with van der Waals surface area (Å²) < 4.78 is 0. The summed E-state index contributed by atoms with van der Waals surface area (Å²) in [4.78, 5) is 0. The molecular weight excluding hydrogens is 170 g/mol. The molecule has 14 heavy (non-hydrogen) atoms. The smallest absolute Gasteiger partial charge is 0.0292 e. The average Bonchev–Trinajstić information content (AvgIpc) is 2.14. The molecular formula is C13H21N. The van der Waals surface area contributed by atoms with Crippen LogP contribution in [0.2, 0.25) is 0 Å². The Bertz CT molecular complexity index is 258. The lowest BCUT2D eigenvalue weighted by Crippen LogP contribution is -2.29. The molecule has 1 N–H and O–H groups in total. The van der Waals surface area contributed by atoms with Crippen molar-refractivity contribution in [3.05, 3.63) is 35.9 Å². The lowest BCUT2D eigenvalue weighted by molar-refractivity contribution is 0.359. The summed E-state index contributed by atoms with van der Waals surface area (Å²) in [7, 11) is 0. The van der Waals surface area contributed by atoms with Gasteiger partial charge in [0.05, 0.1) is 0 Å². The van der Waals surface area contributed by atoms with E-state index in [4.69, 9.17) is 0 Å². The first-order valence-corrected chi connectivity index (χ1v) is 5.27. The van der Waals surface area contributed by atoms with Crippen LogP contribution >= 0.6 is 0 Å². The van der Waals surface area contributed by atoms with Crippen LogP contribution in [-0.4, -0.2) is 6.54 Å². The van der Waals surface area contributed by atoms with Gasteiger partial charge in [-0.1, -0.05) is 51.1 Å². The Balaban J connectivity index is 2.48. The van der Waals surface area contributed by atoms with Crippen molar-refractivity contribution in [2.24, 2.45) is 5.41 Å². The van der Waals surface area contributed by atoms with Crippen molar-refractivity contribution in [3.8, 4) is 0 Å². The van der Waals surface area contributed by atoms with Crippen LogP contribution in [0.1, 0.15) is 39.3 Å². The second kappa shape index (κ2) is 4.61. The van der Waals surface area contributed by atoms with E-state index in [1.807, 2.05) is 0 Å². The Hall–Kier alpha value is -0.820. The minimum Gasteiger partial charge on any atom is -0.310 e. The van der Waals surface area contributed by atoms with Gasteiger partial charge in [-0.3, -0.25) is 0 Å². The van der Waals surface area contributed by atoms with Gasteiger partial charge >= 0.3 is 0 Å². The molecule has 0 spiro atoms. The highest BCUT2D eigenvalue weighted by Gasteiger charge is 2.12. The zero-order valence-electron chi connectivity index (χ0n) is 9.67. The lowest BCUT2D eigenvalue weighted by Gasteiger charge is -2.22. The molecule has 0 saturated heterocycles. The van der Waals surface area contributed by atoms with E-state index in [1.54, 1.807) is 0 Å². The van der Waals surface area contributed by atoms with Crippen LogP contribution < -0.4 is 5.32 Å². The van der Waals surface area contributed by atoms with Crippen molar-refractivity contribution >= 4 is 0 Å². The molecule has 0 heterocycles. The van der Waals surface area contributed by atoms with Gasteiger partial charge in [0.15, 0.2) is 0 Å². The number of hydrogen-bond donors (Lipinski definition) is 1. The Morgan fingerprint density at radius 1 is 1.14 bits per heavy atom. The van der Waals surface area contributed by atoms with Crippen molar-refractivity contribution in [1.29, 1.82) is 0 Å². The Morgan fingerprint density at radius 3 is 2.21 bits per heavy atom. The fraction of sp³-hybridized carbons (Fsp3) is 0.538. The Kier molecular flexibility index (Phi) is 3.70. The van der Waals surface area contributed by atoms with Crippen molar-refractivity contribution in [3.63, 3.8) is 0 Å². The van der Waals surface area contributed by atoms with Gasteiger partial charge in [0, 0.05) is 12.6 Å². The molecule has 0 radical (unpaired) electrons. The minimum absolute atomic E-state index is 0.350. The standard InChI is InChI=1S/C13H21N/c1-11(14-10-13(2,3)4)12-8-6-5-7-9-12/h5-9,11,14H,10H2,1-4H3/t11-/m0/s1. The van der Waals surface area contributed by atoms with E-state index in [0.29, 0.717) is 11.5 Å². The summed E-state index contributed by atoms with van der Waals surface area (Å²) in [5, 5.41) is 3.54. The molecule has 0 saturated carbocycles. The molecule has 1 heteroatoms. The van der Waals surface area contributed by atoms with E-state index in [9.17, 15) is 0 Å². The third-order valence-electron chi connectivity index (χ3n) is 2.24. The van der Waals surface area contributed by atoms with E-state index in [0.717, 1.165) is 6.54 Å². The molecule has 0 unspecified atom stereocenters. The molecule has 1 aromatic rings. The lowest BCUT2D eigenvalue weighted by atomic mass is 9.96. The number of nitrogens with one attached hydrogen (secondary N) is 1. The van der Waals surface area contributed by atoms with Crippen molar-refractivity contribution in [1.82, 2.24) is 5.32 Å². The third-order valence-corrected chi connectivity index (χ3v) is 2.24. The highest BCUT2D eigenvalue weighted by atomic mass is 14.9. The predicted molar refractivity (Wildman–Crippen MR) is 62.3 cm³/mol. The molecule has 0 aliphatic heterocycles. The molecule has 1 aromatic carbocycles. The van der Waals surface area contributed by atoms with Gasteiger partial charge in [0.25, 0.3) is 0 Å². The summed E-state index contributed by atoms with van der Waals surface area (Å²) in [5.41, 5.74) is 1.71. The maximum atomic E-state index is 3.54. The van der Waals surface area contributed by atoms with Crippen LogP contribution in [0.4, 0.5) is 0 Å². The summed E-state index contributed by atoms with van der Waals surface area (Å²) >= 11 is 0. The van der Waals surface area contributed by atoms with Gasteiger partial charge < -0.3 is 5.32 Å². The quantitative estimate of drug-likeness (QED) is 0.772. The third kappa shape index (κ3) is 3.93. The molecule has 0 aliphatic carbocycles. The first kappa shape index (κ1) is 11.3. The first-order valence-electron chi connectivity index (χ1n) is 5.27. The molecule has 1 nitrogen and oxygen atoms in total. The van der Waals surface area contributed by atoms with Crippen LogP contribution in [0.15, 0.2) is 30.3 Å². The van der Waals surface area contributed by atoms with Crippen LogP contribution in [0.5, 0.6) is 0 Å². The van der Waals surface area contributed by atoms with Crippen LogP contribution in [0.3, 0.4) is 0 Å². The normalized spacial score (nSPS) is 14.0. The van der Waals surface area contributed by atoms with Crippen molar-refractivity contribution < 1.29 is 0 Å². The number of hydrogen-bond acceptors (Lipinski definition) is 1. The summed E-state index contributed by atoms with van der Waals surface area (Å²) in [6.07, 6.45) is 0. The van der Waals surface area contributed by atoms with E-state index < -0.39 is 0 Å². The van der Waals surface area contributed by atoms with Crippen molar-refractivity contribution in [2.75, 3.05) is 6.54 Å². The van der Waals surface area contributed by atoms with E-state index >= 15 is 0 Å². The molecule has 0 bridgehead atoms. The van der Waals surface area contributed by atoms with Gasteiger partial charge in [-0.05, 0) is 17.9 Å². The SMILES string of the molecule is C[C@H](NCC(C)(C)C)c1ccccc1. The summed E-state index contributed by atoms with van der Waals surface area (Å²) in [5.74, 6) is 0. The van der Waals surface area contributed by atoms with E-state index in [2.05, 4.69) is 63.3 Å². The molecule has 0 fully saturated rings. The first-order chi connectivity index (χ1) is 6.49. The number of rotatable bonds is 3. The van der Waals surface area contributed by atoms with Gasteiger partial charge in [-0.2, -0.15) is 0 Å². The molecule has 1 atom stereocenters. The number of benzene rings is 1. The van der Waals surface area contributed by atoms with Crippen LogP contribution in [0.25, 0.3) is 0 Å². The maximum absolute atomic E-state index is 3.54. The van der Waals surface area contributed by atoms with Gasteiger partial charge in [0.1, 0.15) is 0 Å². The maximum Gasteiger partial charge on any atom is 0.0292 e. The van der Waals surface area contributed by atoms with E-state index in [-0.39, 0.29) is 0 Å². The van der Waals surface area contributed by atoms with E-state index in [1.165, 1.54) is 5.56 Å². The molecule has 0 aliphatic rings. The van der Waals surface area contributed by atoms with Gasteiger partial charge in [-0.25, -0.2) is 0 Å². The Labute approximate surface area is 87.5 Å². The predicted octanol–water partition coefficient (Wildman–Crippen LogP) is 3.38. The largest absolute Gasteiger partial charge is 0.310 e. The highest BCUT2D eigenvalue weighted by Crippen LogP contribution is 2.15.